The summed E-state index contributed by atoms with van der Waals surface area (Å²) in [5, 5.41) is 4.36. The van der Waals surface area contributed by atoms with Crippen molar-refractivity contribution in [1.82, 2.24) is 19.6 Å². The minimum Gasteiger partial charge on any atom is -0.338 e. The van der Waals surface area contributed by atoms with Crippen molar-refractivity contribution in [3.8, 4) is 0 Å². The van der Waals surface area contributed by atoms with Gasteiger partial charge in [-0.3, -0.25) is 14.3 Å². The third kappa shape index (κ3) is 3.55. The predicted octanol–water partition coefficient (Wildman–Crippen LogP) is 2.63. The van der Waals surface area contributed by atoms with Gasteiger partial charge in [-0.1, -0.05) is 13.0 Å². The lowest BCUT2D eigenvalue weighted by Crippen LogP contribution is -2.52. The Balaban J connectivity index is 1.64. The second-order valence-corrected chi connectivity index (χ2v) is 7.72. The molecule has 1 aromatic heterocycles. The van der Waals surface area contributed by atoms with Gasteiger partial charge in [-0.25, -0.2) is 0 Å². The number of aryl methyl sites for hydroxylation is 1. The van der Waals surface area contributed by atoms with Crippen molar-refractivity contribution >= 4 is 11.8 Å². The molecule has 0 aromatic carbocycles. The molecule has 1 spiro atoms. The van der Waals surface area contributed by atoms with Gasteiger partial charge in [-0.2, -0.15) is 5.10 Å². The second-order valence-electron chi connectivity index (χ2n) is 7.72. The molecule has 1 aromatic rings. The lowest BCUT2D eigenvalue weighted by atomic mass is 9.72. The van der Waals surface area contributed by atoms with E-state index in [0.717, 1.165) is 63.1 Å². The van der Waals surface area contributed by atoms with Crippen LogP contribution in [-0.2, 0) is 11.3 Å². The highest BCUT2D eigenvalue weighted by Gasteiger charge is 2.41. The van der Waals surface area contributed by atoms with Gasteiger partial charge in [0.25, 0.3) is 5.91 Å². The van der Waals surface area contributed by atoms with Crippen LogP contribution in [0.1, 0.15) is 55.1 Å². The van der Waals surface area contributed by atoms with E-state index in [4.69, 9.17) is 0 Å². The quantitative estimate of drug-likeness (QED) is 0.760. The monoisotopic (exact) mass is 358 g/mol. The van der Waals surface area contributed by atoms with Gasteiger partial charge < -0.3 is 9.80 Å². The molecule has 6 nitrogen and oxygen atoms in total. The number of carbonyl (C=O) groups is 2. The van der Waals surface area contributed by atoms with Gasteiger partial charge in [0.15, 0.2) is 0 Å². The first kappa shape index (κ1) is 18.7. The SMILES string of the molecule is C=CCN1CC2(CCC1=O)CCN(C(=O)c1cnn(CCC)c1C)CC2. The predicted molar refractivity (Wildman–Crippen MR) is 101 cm³/mol. The van der Waals surface area contributed by atoms with Gasteiger partial charge in [-0.05, 0) is 38.0 Å². The summed E-state index contributed by atoms with van der Waals surface area (Å²) < 4.78 is 1.92. The molecular weight excluding hydrogens is 328 g/mol. The first-order valence-electron chi connectivity index (χ1n) is 9.70. The highest BCUT2D eigenvalue weighted by molar-refractivity contribution is 5.95. The van der Waals surface area contributed by atoms with Gasteiger partial charge in [0, 0.05) is 44.8 Å². The summed E-state index contributed by atoms with van der Waals surface area (Å²) in [4.78, 5) is 28.9. The maximum Gasteiger partial charge on any atom is 0.257 e. The zero-order chi connectivity index (χ0) is 18.7. The Bertz CT molecular complexity index is 686. The zero-order valence-corrected chi connectivity index (χ0v) is 16.0. The average molecular weight is 358 g/mol. The van der Waals surface area contributed by atoms with Crippen molar-refractivity contribution in [3.63, 3.8) is 0 Å². The van der Waals surface area contributed by atoms with Crippen molar-refractivity contribution in [2.75, 3.05) is 26.2 Å². The van der Waals surface area contributed by atoms with Crippen LogP contribution in [0, 0.1) is 12.3 Å². The topological polar surface area (TPSA) is 58.4 Å². The number of aromatic nitrogens is 2. The molecule has 0 atom stereocenters. The summed E-state index contributed by atoms with van der Waals surface area (Å²) in [6.07, 6.45) is 7.99. The Labute approximate surface area is 155 Å². The van der Waals surface area contributed by atoms with E-state index in [1.807, 2.05) is 21.4 Å². The number of nitrogens with zero attached hydrogens (tertiary/aromatic N) is 4. The summed E-state index contributed by atoms with van der Waals surface area (Å²) in [6, 6.07) is 0. The fraction of sp³-hybridized carbons (Fsp3) is 0.650. The van der Waals surface area contributed by atoms with Crippen LogP contribution in [0.4, 0.5) is 0 Å². The Morgan fingerprint density at radius 3 is 2.73 bits per heavy atom. The summed E-state index contributed by atoms with van der Waals surface area (Å²) in [6.45, 7) is 11.6. The van der Waals surface area contributed by atoms with Gasteiger partial charge in [-0.15, -0.1) is 6.58 Å². The van der Waals surface area contributed by atoms with E-state index in [1.54, 1.807) is 12.3 Å². The molecule has 0 aliphatic carbocycles. The van der Waals surface area contributed by atoms with Crippen LogP contribution in [0.2, 0.25) is 0 Å². The third-order valence-electron chi connectivity index (χ3n) is 5.98. The van der Waals surface area contributed by atoms with Gasteiger partial charge >= 0.3 is 0 Å². The van der Waals surface area contributed by atoms with Gasteiger partial charge in [0.1, 0.15) is 0 Å². The molecule has 26 heavy (non-hydrogen) atoms. The molecule has 0 bridgehead atoms. The van der Waals surface area contributed by atoms with Crippen LogP contribution in [0.5, 0.6) is 0 Å². The van der Waals surface area contributed by atoms with Crippen LogP contribution in [-0.4, -0.2) is 57.6 Å². The number of amides is 2. The van der Waals surface area contributed by atoms with E-state index in [-0.39, 0.29) is 17.2 Å². The molecule has 3 rings (SSSR count). The third-order valence-corrected chi connectivity index (χ3v) is 5.98. The van der Waals surface area contributed by atoms with Crippen molar-refractivity contribution < 1.29 is 9.59 Å². The number of rotatable bonds is 5. The molecule has 0 radical (unpaired) electrons. The lowest BCUT2D eigenvalue weighted by molar-refractivity contribution is -0.138. The summed E-state index contributed by atoms with van der Waals surface area (Å²) in [5.41, 5.74) is 1.84. The molecule has 0 N–H and O–H groups in total. The minimum absolute atomic E-state index is 0.0922. The number of hydrogen-bond acceptors (Lipinski definition) is 3. The van der Waals surface area contributed by atoms with Crippen LogP contribution in [0.25, 0.3) is 0 Å². The van der Waals surface area contributed by atoms with Crippen LogP contribution >= 0.6 is 0 Å². The smallest absolute Gasteiger partial charge is 0.257 e. The first-order valence-corrected chi connectivity index (χ1v) is 9.70. The van der Waals surface area contributed by atoms with Crippen molar-refractivity contribution in [1.29, 1.82) is 0 Å². The van der Waals surface area contributed by atoms with Crippen molar-refractivity contribution in [2.45, 2.75) is 52.5 Å². The molecule has 2 amide bonds. The number of likely N-dealkylation sites (tertiary alicyclic amines) is 2. The summed E-state index contributed by atoms with van der Waals surface area (Å²) >= 11 is 0. The largest absolute Gasteiger partial charge is 0.338 e. The van der Waals surface area contributed by atoms with E-state index in [9.17, 15) is 9.59 Å². The number of hydrogen-bond donors (Lipinski definition) is 0. The Morgan fingerprint density at radius 1 is 1.35 bits per heavy atom. The van der Waals surface area contributed by atoms with E-state index < -0.39 is 0 Å². The number of piperidine rings is 2. The van der Waals surface area contributed by atoms with Gasteiger partial charge in [0.2, 0.25) is 5.91 Å². The van der Waals surface area contributed by atoms with E-state index in [2.05, 4.69) is 18.6 Å². The standard InChI is InChI=1S/C20H30N4O2/c1-4-10-23-15-20(7-6-18(23)25)8-12-22(13-9-20)19(26)17-14-21-24(11-5-2)16(17)3/h4,14H,1,5-13,15H2,2-3H3. The molecule has 2 saturated heterocycles. The summed E-state index contributed by atoms with van der Waals surface area (Å²) in [5.74, 6) is 0.322. The van der Waals surface area contributed by atoms with Crippen molar-refractivity contribution in [3.05, 3.63) is 30.1 Å². The molecule has 2 aliphatic rings. The Hall–Kier alpha value is -2.11. The first-order chi connectivity index (χ1) is 12.5. The Kier molecular flexibility index (Phi) is 5.49. The zero-order valence-electron chi connectivity index (χ0n) is 16.0. The highest BCUT2D eigenvalue weighted by atomic mass is 16.2. The van der Waals surface area contributed by atoms with Crippen LogP contribution in [0.15, 0.2) is 18.9 Å². The average Bonchev–Trinajstić information content (AvgIpc) is 3.00. The molecule has 6 heteroatoms. The van der Waals surface area contributed by atoms with E-state index in [1.165, 1.54) is 0 Å². The molecule has 0 unspecified atom stereocenters. The fourth-order valence-electron chi connectivity index (χ4n) is 4.28. The minimum atomic E-state index is 0.0922. The molecule has 2 aliphatic heterocycles. The lowest BCUT2D eigenvalue weighted by Gasteiger charge is -2.47. The second kappa shape index (κ2) is 7.64. The molecule has 142 valence electrons. The van der Waals surface area contributed by atoms with E-state index >= 15 is 0 Å². The maximum atomic E-state index is 12.9. The van der Waals surface area contributed by atoms with Gasteiger partial charge in [0.05, 0.1) is 11.8 Å². The number of carbonyl (C=O) groups excluding carboxylic acids is 2. The van der Waals surface area contributed by atoms with E-state index in [0.29, 0.717) is 13.0 Å². The molecule has 0 saturated carbocycles. The molecule has 2 fully saturated rings. The Morgan fingerprint density at radius 2 is 2.08 bits per heavy atom. The van der Waals surface area contributed by atoms with Crippen LogP contribution < -0.4 is 0 Å². The van der Waals surface area contributed by atoms with Crippen LogP contribution in [0.3, 0.4) is 0 Å². The molecular formula is C20H30N4O2. The highest BCUT2D eigenvalue weighted by Crippen LogP contribution is 2.40. The molecule has 3 heterocycles. The maximum absolute atomic E-state index is 12.9. The van der Waals surface area contributed by atoms with Crippen molar-refractivity contribution in [2.24, 2.45) is 5.41 Å². The fourth-order valence-corrected chi connectivity index (χ4v) is 4.28. The normalized spacial score (nSPS) is 19.8. The summed E-state index contributed by atoms with van der Waals surface area (Å²) in [7, 11) is 0.